The fourth-order valence-corrected chi connectivity index (χ4v) is 2.04. The fraction of sp³-hybridized carbons (Fsp3) is 0.133. The van der Waals surface area contributed by atoms with Gasteiger partial charge in [-0.25, -0.2) is 4.79 Å². The molecule has 0 aromatic heterocycles. The van der Waals surface area contributed by atoms with Gasteiger partial charge in [-0.1, -0.05) is 28.1 Å². The van der Waals surface area contributed by atoms with E-state index in [1.807, 2.05) is 24.3 Å². The van der Waals surface area contributed by atoms with Gasteiger partial charge in [0.2, 0.25) is 0 Å². The molecular weight excluding hydrogens is 354 g/mol. The molecule has 2 aromatic carbocycles. The van der Waals surface area contributed by atoms with Crippen LogP contribution in [0.3, 0.4) is 0 Å². The first-order valence-electron chi connectivity index (χ1n) is 6.25. The number of nitrogens with zero attached hydrogens (tertiary/aromatic N) is 1. The highest BCUT2D eigenvalue weighted by Crippen LogP contribution is 2.25. The largest absolute Gasteiger partial charge is 0.496 e. The summed E-state index contributed by atoms with van der Waals surface area (Å²) in [4.78, 5) is 22.3. The molecule has 0 amide bonds. The number of esters is 1. The second-order valence-electron chi connectivity index (χ2n) is 4.34. The van der Waals surface area contributed by atoms with Gasteiger partial charge < -0.3 is 9.47 Å². The number of nitro groups is 1. The molecule has 0 saturated heterocycles. The van der Waals surface area contributed by atoms with E-state index >= 15 is 0 Å². The molecule has 0 unspecified atom stereocenters. The Bertz CT molecular complexity index is 700. The minimum Gasteiger partial charge on any atom is -0.496 e. The first-order valence-corrected chi connectivity index (χ1v) is 7.04. The van der Waals surface area contributed by atoms with Crippen LogP contribution in [0.1, 0.15) is 15.9 Å². The molecule has 7 heteroatoms. The number of carbonyl (C=O) groups is 1. The van der Waals surface area contributed by atoms with Crippen molar-refractivity contribution < 1.29 is 19.2 Å². The standard InChI is InChI=1S/C15H12BrNO5/c1-21-14-7-6-12(17(19)20)8-13(14)15(18)22-9-10-2-4-11(16)5-3-10/h2-8H,9H2,1H3. The molecule has 0 N–H and O–H groups in total. The average molecular weight is 366 g/mol. The Kier molecular flexibility index (Phi) is 5.11. The number of rotatable bonds is 5. The van der Waals surface area contributed by atoms with Crippen LogP contribution < -0.4 is 4.74 Å². The highest BCUT2D eigenvalue weighted by Gasteiger charge is 2.18. The fourth-order valence-electron chi connectivity index (χ4n) is 1.78. The molecule has 0 fully saturated rings. The normalized spacial score (nSPS) is 10.1. The number of carbonyl (C=O) groups excluding carboxylic acids is 1. The van der Waals surface area contributed by atoms with E-state index in [-0.39, 0.29) is 23.6 Å². The first-order chi connectivity index (χ1) is 10.5. The predicted molar refractivity (Wildman–Crippen MR) is 82.9 cm³/mol. The van der Waals surface area contributed by atoms with E-state index in [0.717, 1.165) is 16.1 Å². The Morgan fingerprint density at radius 3 is 2.50 bits per heavy atom. The molecule has 0 radical (unpaired) electrons. The summed E-state index contributed by atoms with van der Waals surface area (Å²) in [5, 5.41) is 10.8. The van der Waals surface area contributed by atoms with Crippen molar-refractivity contribution in [2.45, 2.75) is 6.61 Å². The predicted octanol–water partition coefficient (Wildman–Crippen LogP) is 3.72. The van der Waals surface area contributed by atoms with E-state index in [1.165, 1.54) is 19.2 Å². The van der Waals surface area contributed by atoms with Crippen LogP contribution >= 0.6 is 15.9 Å². The number of nitro benzene ring substituents is 1. The summed E-state index contributed by atoms with van der Waals surface area (Å²) in [6, 6.07) is 11.1. The van der Waals surface area contributed by atoms with Crippen LogP contribution in [-0.2, 0) is 11.3 Å². The molecule has 0 saturated carbocycles. The minimum atomic E-state index is -0.677. The molecule has 114 valence electrons. The highest BCUT2D eigenvalue weighted by atomic mass is 79.9. The maximum atomic E-state index is 12.1. The molecule has 2 rings (SSSR count). The van der Waals surface area contributed by atoms with Gasteiger partial charge in [-0.15, -0.1) is 0 Å². The van der Waals surface area contributed by atoms with Crippen LogP contribution in [0.25, 0.3) is 0 Å². The maximum absolute atomic E-state index is 12.1. The Labute approximate surface area is 134 Å². The third kappa shape index (κ3) is 3.82. The van der Waals surface area contributed by atoms with Gasteiger partial charge >= 0.3 is 5.97 Å². The molecule has 0 bridgehead atoms. The summed E-state index contributed by atoms with van der Waals surface area (Å²) < 4.78 is 11.1. The van der Waals surface area contributed by atoms with Crippen LogP contribution in [0, 0.1) is 10.1 Å². The molecule has 0 aliphatic rings. The van der Waals surface area contributed by atoms with Gasteiger partial charge in [0.25, 0.3) is 5.69 Å². The average Bonchev–Trinajstić information content (AvgIpc) is 2.53. The van der Waals surface area contributed by atoms with E-state index in [1.54, 1.807) is 0 Å². The van der Waals surface area contributed by atoms with Gasteiger partial charge in [0.1, 0.15) is 17.9 Å². The molecule has 0 aliphatic carbocycles. The summed E-state index contributed by atoms with van der Waals surface area (Å²) in [6.45, 7) is 0.0674. The molecule has 22 heavy (non-hydrogen) atoms. The molecule has 2 aromatic rings. The third-order valence-electron chi connectivity index (χ3n) is 2.90. The van der Waals surface area contributed by atoms with Crippen LogP contribution in [0.15, 0.2) is 46.9 Å². The molecule has 6 nitrogen and oxygen atoms in total. The van der Waals surface area contributed by atoms with Gasteiger partial charge in [0, 0.05) is 16.6 Å². The van der Waals surface area contributed by atoms with Crippen LogP contribution in [0.5, 0.6) is 5.75 Å². The van der Waals surface area contributed by atoms with Crippen LogP contribution in [0.4, 0.5) is 5.69 Å². The number of benzene rings is 2. The Morgan fingerprint density at radius 2 is 1.91 bits per heavy atom. The lowest BCUT2D eigenvalue weighted by molar-refractivity contribution is -0.384. The number of methoxy groups -OCH3 is 1. The quantitative estimate of drug-likeness (QED) is 0.458. The Morgan fingerprint density at radius 1 is 1.23 bits per heavy atom. The molecule has 0 heterocycles. The summed E-state index contributed by atoms with van der Waals surface area (Å²) in [5.74, 6) is -0.449. The number of non-ortho nitro benzene ring substituents is 1. The van der Waals surface area contributed by atoms with Crippen molar-refractivity contribution in [3.8, 4) is 5.75 Å². The van der Waals surface area contributed by atoms with Crippen molar-refractivity contribution >= 4 is 27.6 Å². The van der Waals surface area contributed by atoms with Crippen molar-refractivity contribution in [3.63, 3.8) is 0 Å². The lowest BCUT2D eigenvalue weighted by Crippen LogP contribution is -2.08. The van der Waals surface area contributed by atoms with Gasteiger partial charge in [-0.3, -0.25) is 10.1 Å². The van der Waals surface area contributed by atoms with Crippen LogP contribution in [-0.4, -0.2) is 18.0 Å². The number of halogens is 1. The highest BCUT2D eigenvalue weighted by molar-refractivity contribution is 9.10. The maximum Gasteiger partial charge on any atom is 0.342 e. The van der Waals surface area contributed by atoms with Gasteiger partial charge in [-0.2, -0.15) is 0 Å². The van der Waals surface area contributed by atoms with Crippen molar-refractivity contribution in [3.05, 3.63) is 68.2 Å². The lowest BCUT2D eigenvalue weighted by atomic mass is 10.2. The molecule has 0 aliphatic heterocycles. The van der Waals surface area contributed by atoms with E-state index in [9.17, 15) is 14.9 Å². The minimum absolute atomic E-state index is 0.0220. The second kappa shape index (κ2) is 7.04. The lowest BCUT2D eigenvalue weighted by Gasteiger charge is -2.09. The van der Waals surface area contributed by atoms with Gasteiger partial charge in [-0.05, 0) is 23.8 Å². The second-order valence-corrected chi connectivity index (χ2v) is 5.26. The third-order valence-corrected chi connectivity index (χ3v) is 3.43. The van der Waals surface area contributed by atoms with Crippen molar-refractivity contribution in [2.24, 2.45) is 0 Å². The summed E-state index contributed by atoms with van der Waals surface area (Å²) >= 11 is 3.31. The number of hydrogen-bond acceptors (Lipinski definition) is 5. The number of ether oxygens (including phenoxy) is 2. The van der Waals surface area contributed by atoms with E-state index in [0.29, 0.717) is 0 Å². The summed E-state index contributed by atoms with van der Waals surface area (Å²) in [7, 11) is 1.38. The first kappa shape index (κ1) is 16.0. The van der Waals surface area contributed by atoms with Gasteiger partial charge in [0.15, 0.2) is 0 Å². The smallest absolute Gasteiger partial charge is 0.342 e. The van der Waals surface area contributed by atoms with Crippen LogP contribution in [0.2, 0.25) is 0 Å². The topological polar surface area (TPSA) is 78.7 Å². The van der Waals surface area contributed by atoms with Crippen molar-refractivity contribution in [1.82, 2.24) is 0 Å². The number of hydrogen-bond donors (Lipinski definition) is 0. The summed E-state index contributed by atoms with van der Waals surface area (Å²) in [6.07, 6.45) is 0. The van der Waals surface area contributed by atoms with Gasteiger partial charge in [0.05, 0.1) is 12.0 Å². The van der Waals surface area contributed by atoms with Crippen molar-refractivity contribution in [1.29, 1.82) is 0 Å². The van der Waals surface area contributed by atoms with Crippen molar-refractivity contribution in [2.75, 3.05) is 7.11 Å². The van der Waals surface area contributed by atoms with E-state index < -0.39 is 10.9 Å². The molecule has 0 atom stereocenters. The van der Waals surface area contributed by atoms with E-state index in [2.05, 4.69) is 15.9 Å². The molecule has 0 spiro atoms. The zero-order valence-electron chi connectivity index (χ0n) is 11.6. The molecular formula is C15H12BrNO5. The zero-order valence-corrected chi connectivity index (χ0v) is 13.2. The Hall–Kier alpha value is -2.41. The zero-order chi connectivity index (χ0) is 16.1. The monoisotopic (exact) mass is 365 g/mol. The SMILES string of the molecule is COc1ccc([N+](=O)[O-])cc1C(=O)OCc1ccc(Br)cc1. The van der Waals surface area contributed by atoms with E-state index in [4.69, 9.17) is 9.47 Å². The Balaban J connectivity index is 2.15. The summed E-state index contributed by atoms with van der Waals surface area (Å²) in [5.41, 5.74) is 0.631.